The molecule has 6 heteroatoms. The normalized spacial score (nSPS) is 13.9. The average Bonchev–Trinajstić information content (AvgIpc) is 1.99. The summed E-state index contributed by atoms with van der Waals surface area (Å²) in [6.45, 7) is 1.62. The molecule has 0 radical (unpaired) electrons. The van der Waals surface area contributed by atoms with E-state index < -0.39 is 11.9 Å². The number of nitrogens with zero attached hydrogens (tertiary/aromatic N) is 1. The van der Waals surface area contributed by atoms with Crippen LogP contribution in [-0.4, -0.2) is 25.0 Å². The molecule has 6 N–H and O–H groups in total. The first-order valence-electron chi connectivity index (χ1n) is 3.11. The Morgan fingerprint density at radius 1 is 1.64 bits per heavy atom. The second-order valence-electron chi connectivity index (χ2n) is 1.98. The minimum Gasteiger partial charge on any atom is -0.368 e. The van der Waals surface area contributed by atoms with Gasteiger partial charge < -0.3 is 11.1 Å². The number of guanidine groups is 1. The third kappa shape index (κ3) is 3.41. The van der Waals surface area contributed by atoms with Gasteiger partial charge in [0.15, 0.2) is 0 Å². The van der Waals surface area contributed by atoms with Gasteiger partial charge in [0.1, 0.15) is 6.04 Å². The molecule has 0 aliphatic carbocycles. The fourth-order valence-corrected chi connectivity index (χ4v) is 0.447. The van der Waals surface area contributed by atoms with Gasteiger partial charge in [0.25, 0.3) is 0 Å². The average molecular weight is 159 g/mol. The van der Waals surface area contributed by atoms with Gasteiger partial charge in [0.2, 0.25) is 11.9 Å². The van der Waals surface area contributed by atoms with Crippen LogP contribution in [0.25, 0.3) is 0 Å². The summed E-state index contributed by atoms with van der Waals surface area (Å²) >= 11 is 0. The van der Waals surface area contributed by atoms with E-state index in [2.05, 4.69) is 15.7 Å². The van der Waals surface area contributed by atoms with Gasteiger partial charge in [-0.3, -0.25) is 15.2 Å². The molecule has 0 heterocycles. The Hall–Kier alpha value is -1.30. The van der Waals surface area contributed by atoms with Gasteiger partial charge in [-0.2, -0.15) is 0 Å². The summed E-state index contributed by atoms with van der Waals surface area (Å²) in [7, 11) is 1.54. The molecular formula is C5H13N5O. The van der Waals surface area contributed by atoms with E-state index in [1.165, 1.54) is 7.05 Å². The van der Waals surface area contributed by atoms with Crippen molar-refractivity contribution in [1.82, 2.24) is 10.7 Å². The predicted octanol–water partition coefficient (Wildman–Crippen LogP) is -2.10. The smallest absolute Gasteiger partial charge is 0.239 e. The maximum Gasteiger partial charge on any atom is 0.239 e. The highest BCUT2D eigenvalue weighted by molar-refractivity contribution is 5.87. The first-order valence-corrected chi connectivity index (χ1v) is 3.11. The minimum absolute atomic E-state index is 0.330. The van der Waals surface area contributed by atoms with E-state index in [1.54, 1.807) is 6.92 Å². The first-order chi connectivity index (χ1) is 5.11. The number of carbonyl (C=O) groups is 1. The maximum atomic E-state index is 10.5. The number of primary amides is 1. The van der Waals surface area contributed by atoms with Crippen LogP contribution in [0.3, 0.4) is 0 Å². The van der Waals surface area contributed by atoms with Crippen molar-refractivity contribution in [3.8, 4) is 0 Å². The Bertz CT molecular complexity index is 166. The number of nitrogens with one attached hydrogen (secondary N) is 2. The van der Waals surface area contributed by atoms with Crippen LogP contribution < -0.4 is 22.3 Å². The molecule has 0 aromatic carbocycles. The van der Waals surface area contributed by atoms with Gasteiger partial charge in [0, 0.05) is 7.05 Å². The minimum atomic E-state index is -0.482. The van der Waals surface area contributed by atoms with Gasteiger partial charge >= 0.3 is 0 Å². The second kappa shape index (κ2) is 4.51. The van der Waals surface area contributed by atoms with Crippen LogP contribution in [0.4, 0.5) is 0 Å². The van der Waals surface area contributed by atoms with Crippen molar-refractivity contribution in [1.29, 1.82) is 0 Å². The summed E-state index contributed by atoms with van der Waals surface area (Å²) < 4.78 is 0. The van der Waals surface area contributed by atoms with Gasteiger partial charge in [0.05, 0.1) is 0 Å². The molecule has 0 aliphatic heterocycles. The fourth-order valence-electron chi connectivity index (χ4n) is 0.447. The van der Waals surface area contributed by atoms with Crippen molar-refractivity contribution in [3.05, 3.63) is 0 Å². The zero-order valence-electron chi connectivity index (χ0n) is 6.59. The summed E-state index contributed by atoms with van der Waals surface area (Å²) in [6.07, 6.45) is 0. The molecule has 0 fully saturated rings. The Labute approximate surface area is 65.0 Å². The molecule has 64 valence electrons. The molecule has 0 saturated heterocycles. The predicted molar refractivity (Wildman–Crippen MR) is 42.5 cm³/mol. The zero-order chi connectivity index (χ0) is 8.85. The number of amides is 1. The molecule has 0 bridgehead atoms. The number of aliphatic imine (C=N–C) groups is 1. The largest absolute Gasteiger partial charge is 0.368 e. The van der Waals surface area contributed by atoms with Crippen LogP contribution in [0.15, 0.2) is 4.99 Å². The van der Waals surface area contributed by atoms with Gasteiger partial charge in [-0.15, -0.1) is 0 Å². The zero-order valence-corrected chi connectivity index (χ0v) is 6.59. The van der Waals surface area contributed by atoms with Crippen molar-refractivity contribution in [2.75, 3.05) is 7.05 Å². The molecule has 0 aromatic rings. The van der Waals surface area contributed by atoms with Crippen LogP contribution in [0.5, 0.6) is 0 Å². The molecule has 0 saturated carbocycles. The Morgan fingerprint density at radius 3 is 2.45 bits per heavy atom. The highest BCUT2D eigenvalue weighted by Crippen LogP contribution is 1.77. The van der Waals surface area contributed by atoms with Crippen molar-refractivity contribution in [2.24, 2.45) is 16.6 Å². The lowest BCUT2D eigenvalue weighted by atomic mass is 10.3. The van der Waals surface area contributed by atoms with Crippen LogP contribution in [0.2, 0.25) is 0 Å². The monoisotopic (exact) mass is 159 g/mol. The van der Waals surface area contributed by atoms with Gasteiger partial charge in [-0.05, 0) is 6.92 Å². The molecule has 0 aromatic heterocycles. The fraction of sp³-hybridized carbons (Fsp3) is 0.600. The molecule has 1 unspecified atom stereocenters. The van der Waals surface area contributed by atoms with E-state index in [9.17, 15) is 4.79 Å². The standard InChI is InChI=1S/C5H13N5O/c1-3(4(6)11)9-5(8-2)10-7/h3H,7H2,1-2H3,(H2,6,11)(H2,8,9,10). The van der Waals surface area contributed by atoms with Crippen LogP contribution in [0.1, 0.15) is 6.92 Å². The summed E-state index contributed by atoms with van der Waals surface area (Å²) in [5.41, 5.74) is 7.24. The van der Waals surface area contributed by atoms with E-state index in [0.717, 1.165) is 0 Å². The Morgan fingerprint density at radius 2 is 2.18 bits per heavy atom. The van der Waals surface area contributed by atoms with E-state index >= 15 is 0 Å². The molecule has 1 atom stereocenters. The number of hydrogen-bond donors (Lipinski definition) is 4. The topological polar surface area (TPSA) is 106 Å². The molecule has 1 amide bonds. The first kappa shape index (κ1) is 9.70. The van der Waals surface area contributed by atoms with Crippen molar-refractivity contribution in [3.63, 3.8) is 0 Å². The Kier molecular flexibility index (Phi) is 3.97. The van der Waals surface area contributed by atoms with E-state index in [0.29, 0.717) is 5.96 Å². The molecule has 11 heavy (non-hydrogen) atoms. The summed E-state index contributed by atoms with van der Waals surface area (Å²) in [4.78, 5) is 14.2. The van der Waals surface area contributed by atoms with E-state index in [4.69, 9.17) is 11.6 Å². The lowest BCUT2D eigenvalue weighted by Gasteiger charge is -2.11. The van der Waals surface area contributed by atoms with Crippen LogP contribution in [-0.2, 0) is 4.79 Å². The quantitative estimate of drug-likeness (QED) is 0.160. The number of rotatable bonds is 2. The number of hydrazine groups is 1. The lowest BCUT2D eigenvalue weighted by molar-refractivity contribution is -0.119. The molecule has 0 spiro atoms. The third-order valence-electron chi connectivity index (χ3n) is 1.14. The van der Waals surface area contributed by atoms with E-state index in [-0.39, 0.29) is 0 Å². The maximum absolute atomic E-state index is 10.5. The number of carbonyl (C=O) groups excluding carboxylic acids is 1. The van der Waals surface area contributed by atoms with Crippen LogP contribution in [0, 0.1) is 0 Å². The lowest BCUT2D eigenvalue weighted by Crippen LogP contribution is -2.49. The summed E-state index contributed by atoms with van der Waals surface area (Å²) in [5.74, 6) is 4.91. The molecule has 0 rings (SSSR count). The van der Waals surface area contributed by atoms with Gasteiger partial charge in [-0.1, -0.05) is 0 Å². The Balaban J connectivity index is 3.92. The highest BCUT2D eigenvalue weighted by Gasteiger charge is 2.08. The SMILES string of the molecule is CN=C(NN)NC(C)C(N)=O. The third-order valence-corrected chi connectivity index (χ3v) is 1.14. The summed E-state index contributed by atoms with van der Waals surface area (Å²) in [6, 6.07) is -0.482. The van der Waals surface area contributed by atoms with Crippen molar-refractivity contribution < 1.29 is 4.79 Å². The number of hydrogen-bond acceptors (Lipinski definition) is 3. The summed E-state index contributed by atoms with van der Waals surface area (Å²) in [5, 5.41) is 2.66. The second-order valence-corrected chi connectivity index (χ2v) is 1.98. The van der Waals surface area contributed by atoms with Crippen molar-refractivity contribution in [2.45, 2.75) is 13.0 Å². The number of nitrogens with two attached hydrogens (primary N) is 2. The highest BCUT2D eigenvalue weighted by atomic mass is 16.1. The molecule has 0 aliphatic rings. The van der Waals surface area contributed by atoms with E-state index in [1.807, 2.05) is 0 Å². The van der Waals surface area contributed by atoms with Gasteiger partial charge in [-0.25, -0.2) is 5.84 Å². The molecule has 6 nitrogen and oxygen atoms in total. The van der Waals surface area contributed by atoms with Crippen molar-refractivity contribution >= 4 is 11.9 Å². The molecular weight excluding hydrogens is 146 g/mol. The van der Waals surface area contributed by atoms with Crippen LogP contribution >= 0.6 is 0 Å².